The van der Waals surface area contributed by atoms with Gasteiger partial charge in [0, 0.05) is 0 Å². The van der Waals surface area contributed by atoms with Crippen molar-refractivity contribution in [1.82, 2.24) is 15.2 Å². The highest BCUT2D eigenvalue weighted by atomic mass is 16.3. The Balaban J connectivity index is 2.02. The number of nitrogens with one attached hydrogen (secondary N) is 2. The molecular formula is C10H9N5O2. The fraction of sp³-hybridized carbons (Fsp3) is 0. The average Bonchev–Trinajstić information content (AvgIpc) is 2.32. The molecule has 3 N–H and O–H groups in total. The van der Waals surface area contributed by atoms with Gasteiger partial charge < -0.3 is 5.11 Å². The van der Waals surface area contributed by atoms with Crippen molar-refractivity contribution in [3.05, 3.63) is 46.5 Å². The maximum Gasteiger partial charge on any atom is 0.363 e. The molecule has 2 rings (SSSR count). The lowest BCUT2D eigenvalue weighted by Crippen LogP contribution is -2.13. The third-order valence-corrected chi connectivity index (χ3v) is 1.85. The topological polar surface area (TPSA) is 103 Å². The molecule has 0 saturated carbocycles. The van der Waals surface area contributed by atoms with E-state index in [0.29, 0.717) is 0 Å². The summed E-state index contributed by atoms with van der Waals surface area (Å²) < 4.78 is 0. The molecule has 0 atom stereocenters. The van der Waals surface area contributed by atoms with Crippen molar-refractivity contribution in [3.63, 3.8) is 0 Å². The van der Waals surface area contributed by atoms with Gasteiger partial charge in [-0.25, -0.2) is 9.89 Å². The number of benzene rings is 1. The number of anilines is 1. The summed E-state index contributed by atoms with van der Waals surface area (Å²) in [6.45, 7) is 0. The first-order valence-electron chi connectivity index (χ1n) is 4.74. The zero-order valence-corrected chi connectivity index (χ0v) is 8.66. The molecule has 0 radical (unpaired) electrons. The molecule has 0 aliphatic carbocycles. The van der Waals surface area contributed by atoms with Crippen LogP contribution in [0.5, 0.6) is 5.75 Å². The molecule has 1 aromatic heterocycles. The van der Waals surface area contributed by atoms with E-state index in [9.17, 15) is 4.79 Å². The molecule has 2 aromatic rings. The molecule has 0 spiro atoms. The van der Waals surface area contributed by atoms with Crippen LogP contribution in [-0.4, -0.2) is 26.5 Å². The highest BCUT2D eigenvalue weighted by molar-refractivity contribution is 5.80. The molecule has 0 bridgehead atoms. The van der Waals surface area contributed by atoms with E-state index < -0.39 is 5.69 Å². The van der Waals surface area contributed by atoms with E-state index >= 15 is 0 Å². The second-order valence-corrected chi connectivity index (χ2v) is 3.13. The molecule has 0 aliphatic rings. The quantitative estimate of drug-likeness (QED) is 0.521. The lowest BCUT2D eigenvalue weighted by Gasteiger charge is -1.96. The third kappa shape index (κ3) is 3.13. The van der Waals surface area contributed by atoms with Gasteiger partial charge in [-0.2, -0.15) is 15.2 Å². The van der Waals surface area contributed by atoms with Crippen LogP contribution in [0, 0.1) is 0 Å². The first-order valence-corrected chi connectivity index (χ1v) is 4.74. The Morgan fingerprint density at radius 2 is 2.12 bits per heavy atom. The fourth-order valence-corrected chi connectivity index (χ4v) is 1.10. The number of hydrogen-bond acceptors (Lipinski definition) is 6. The van der Waals surface area contributed by atoms with Crippen LogP contribution in [0.2, 0.25) is 0 Å². The van der Waals surface area contributed by atoms with Crippen LogP contribution in [0.25, 0.3) is 0 Å². The molecule has 0 saturated heterocycles. The van der Waals surface area contributed by atoms with Gasteiger partial charge in [0.15, 0.2) is 5.82 Å². The molecule has 0 amide bonds. The summed E-state index contributed by atoms with van der Waals surface area (Å²) in [6, 6.07) is 6.50. The van der Waals surface area contributed by atoms with E-state index in [1.54, 1.807) is 24.3 Å². The molecular weight excluding hydrogens is 222 g/mol. The second kappa shape index (κ2) is 4.88. The fourth-order valence-electron chi connectivity index (χ4n) is 1.10. The number of nitrogens with zero attached hydrogens (tertiary/aromatic N) is 3. The number of phenolic OH excluding ortho intramolecular Hbond substituents is 1. The normalized spacial score (nSPS) is 10.6. The number of aromatic nitrogens is 3. The van der Waals surface area contributed by atoms with Crippen LogP contribution in [-0.2, 0) is 0 Å². The maximum atomic E-state index is 10.8. The summed E-state index contributed by atoms with van der Waals surface area (Å²) >= 11 is 0. The Hall–Kier alpha value is -2.70. The van der Waals surface area contributed by atoms with Gasteiger partial charge in [0.2, 0.25) is 0 Å². The van der Waals surface area contributed by atoms with Gasteiger partial charge in [-0.3, -0.25) is 5.43 Å². The van der Waals surface area contributed by atoms with Crippen molar-refractivity contribution >= 4 is 12.0 Å². The van der Waals surface area contributed by atoms with Crippen LogP contribution in [0.1, 0.15) is 5.56 Å². The van der Waals surface area contributed by atoms with Crippen molar-refractivity contribution in [3.8, 4) is 5.75 Å². The minimum atomic E-state index is -0.546. The summed E-state index contributed by atoms with van der Waals surface area (Å²) in [5.74, 6) is 0.444. The molecule has 0 unspecified atom stereocenters. The number of rotatable bonds is 3. The lowest BCUT2D eigenvalue weighted by atomic mass is 10.2. The van der Waals surface area contributed by atoms with Gasteiger partial charge in [-0.1, -0.05) is 0 Å². The smallest absolute Gasteiger partial charge is 0.363 e. The largest absolute Gasteiger partial charge is 0.508 e. The van der Waals surface area contributed by atoms with E-state index in [1.807, 2.05) is 0 Å². The predicted molar refractivity (Wildman–Crippen MR) is 62.0 cm³/mol. The van der Waals surface area contributed by atoms with Gasteiger partial charge in [-0.05, 0) is 29.8 Å². The van der Waals surface area contributed by atoms with Crippen LogP contribution in [0.4, 0.5) is 5.82 Å². The van der Waals surface area contributed by atoms with E-state index in [-0.39, 0.29) is 11.6 Å². The van der Waals surface area contributed by atoms with E-state index in [1.165, 1.54) is 12.4 Å². The molecule has 17 heavy (non-hydrogen) atoms. The third-order valence-electron chi connectivity index (χ3n) is 1.85. The van der Waals surface area contributed by atoms with Crippen LogP contribution >= 0.6 is 0 Å². The highest BCUT2D eigenvalue weighted by Crippen LogP contribution is 2.07. The first-order chi connectivity index (χ1) is 8.24. The molecule has 1 aromatic carbocycles. The monoisotopic (exact) mass is 231 g/mol. The Labute approximate surface area is 95.9 Å². The molecule has 7 nitrogen and oxygen atoms in total. The Morgan fingerprint density at radius 1 is 1.35 bits per heavy atom. The lowest BCUT2D eigenvalue weighted by molar-refractivity contribution is 0.475. The number of aromatic amines is 1. The van der Waals surface area contributed by atoms with E-state index in [2.05, 4.69) is 25.7 Å². The summed E-state index contributed by atoms with van der Waals surface area (Å²) in [5.41, 5.74) is 2.81. The Morgan fingerprint density at radius 3 is 2.82 bits per heavy atom. The van der Waals surface area contributed by atoms with Gasteiger partial charge >= 0.3 is 5.69 Å². The van der Waals surface area contributed by atoms with Crippen molar-refractivity contribution in [2.45, 2.75) is 0 Å². The van der Waals surface area contributed by atoms with E-state index in [4.69, 9.17) is 5.11 Å². The first kappa shape index (κ1) is 10.8. The van der Waals surface area contributed by atoms with Crippen LogP contribution in [0.15, 0.2) is 40.4 Å². The van der Waals surface area contributed by atoms with Crippen LogP contribution < -0.4 is 11.1 Å². The Bertz CT molecular complexity index is 576. The molecule has 7 heteroatoms. The van der Waals surface area contributed by atoms with Crippen molar-refractivity contribution < 1.29 is 5.11 Å². The molecule has 86 valence electrons. The minimum Gasteiger partial charge on any atom is -0.508 e. The van der Waals surface area contributed by atoms with Gasteiger partial charge in [0.05, 0.1) is 12.4 Å². The minimum absolute atomic E-state index is 0.190. The van der Waals surface area contributed by atoms with Gasteiger partial charge in [-0.15, -0.1) is 0 Å². The highest BCUT2D eigenvalue weighted by Gasteiger charge is 1.92. The van der Waals surface area contributed by atoms with E-state index in [0.717, 1.165) is 5.56 Å². The zero-order chi connectivity index (χ0) is 12.1. The number of hydrazone groups is 1. The standard InChI is InChI=1S/C10H9N5O2/c16-8-3-1-7(2-4-8)5-11-14-9-6-12-15-10(17)13-9/h1-6,16H,(H2,13,14,15,17). The summed E-state index contributed by atoms with van der Waals surface area (Å²) in [6.07, 6.45) is 2.87. The summed E-state index contributed by atoms with van der Waals surface area (Å²) in [5, 5.41) is 18.6. The second-order valence-electron chi connectivity index (χ2n) is 3.13. The molecule has 0 aliphatic heterocycles. The summed E-state index contributed by atoms with van der Waals surface area (Å²) in [4.78, 5) is 14.4. The number of hydrogen-bond donors (Lipinski definition) is 3. The Kier molecular flexibility index (Phi) is 3.10. The SMILES string of the molecule is O=c1nc(NN=Cc2ccc(O)cc2)cn[nH]1. The molecule has 0 fully saturated rings. The number of aromatic hydroxyl groups is 1. The van der Waals surface area contributed by atoms with Crippen molar-refractivity contribution in [2.24, 2.45) is 5.10 Å². The van der Waals surface area contributed by atoms with Gasteiger partial charge in [0.25, 0.3) is 0 Å². The average molecular weight is 231 g/mol. The maximum absolute atomic E-state index is 10.8. The molecule has 1 heterocycles. The van der Waals surface area contributed by atoms with Crippen molar-refractivity contribution in [1.29, 1.82) is 0 Å². The summed E-state index contributed by atoms with van der Waals surface area (Å²) in [7, 11) is 0. The van der Waals surface area contributed by atoms with Crippen LogP contribution in [0.3, 0.4) is 0 Å². The van der Waals surface area contributed by atoms with Crippen molar-refractivity contribution in [2.75, 3.05) is 5.43 Å². The number of H-pyrrole nitrogens is 1. The number of phenols is 1. The predicted octanol–water partition coefficient (Wildman–Crippen LogP) is 0.316. The van der Waals surface area contributed by atoms with Gasteiger partial charge in [0.1, 0.15) is 5.75 Å². The zero-order valence-electron chi connectivity index (χ0n) is 8.66.